The molecule has 1 heterocycles. The minimum Gasteiger partial charge on any atom is -0.324 e. The number of carbonyl (C=O) groups excluding carboxylic acids is 1. The van der Waals surface area contributed by atoms with Crippen molar-refractivity contribution >= 4 is 21.4 Å². The van der Waals surface area contributed by atoms with Crippen LogP contribution in [0.2, 0.25) is 0 Å². The molecule has 0 radical (unpaired) electrons. The fraction of sp³-hybridized carbons (Fsp3) is 0.417. The Kier molecular flexibility index (Phi) is 4.34. The number of carbonyl (C=O) groups is 1. The Balaban J connectivity index is 2.26. The van der Waals surface area contributed by atoms with E-state index in [1.807, 2.05) is 0 Å². The van der Waals surface area contributed by atoms with E-state index in [0.29, 0.717) is 13.0 Å². The van der Waals surface area contributed by atoms with Gasteiger partial charge in [0.05, 0.1) is 16.6 Å². The highest BCUT2D eigenvalue weighted by atomic mass is 32.2. The van der Waals surface area contributed by atoms with Crippen LogP contribution >= 0.6 is 0 Å². The van der Waals surface area contributed by atoms with Crippen molar-refractivity contribution in [3.8, 4) is 0 Å². The van der Waals surface area contributed by atoms with Crippen LogP contribution in [-0.4, -0.2) is 32.7 Å². The average Bonchev–Trinajstić information content (AvgIpc) is 2.93. The molecule has 0 aliphatic carbocycles. The third-order valence-corrected chi connectivity index (χ3v) is 4.50. The summed E-state index contributed by atoms with van der Waals surface area (Å²) in [6, 6.07) is 4.74. The van der Waals surface area contributed by atoms with Crippen LogP contribution in [-0.2, 0) is 14.6 Å². The predicted molar refractivity (Wildman–Crippen MR) is 69.3 cm³/mol. The fourth-order valence-corrected chi connectivity index (χ4v) is 2.93. The van der Waals surface area contributed by atoms with Crippen LogP contribution in [0, 0.1) is 0 Å². The van der Waals surface area contributed by atoms with Gasteiger partial charge in [0.2, 0.25) is 15.7 Å². The van der Waals surface area contributed by atoms with Crippen molar-refractivity contribution in [3.63, 3.8) is 0 Å². The lowest BCUT2D eigenvalue weighted by Gasteiger charge is -2.14. The molecule has 20 heavy (non-hydrogen) atoms. The minimum absolute atomic E-state index is 0.119. The highest BCUT2D eigenvalue weighted by Gasteiger charge is 2.30. The number of anilines is 1. The number of rotatable bonds is 4. The number of halogens is 2. The topological polar surface area (TPSA) is 75.3 Å². The number of nitrogens with one attached hydrogen (secondary N) is 2. The molecule has 2 N–H and O–H groups in total. The summed E-state index contributed by atoms with van der Waals surface area (Å²) >= 11 is 0. The molecule has 2 rings (SSSR count). The van der Waals surface area contributed by atoms with Gasteiger partial charge in [-0.25, -0.2) is 8.42 Å². The van der Waals surface area contributed by atoms with Crippen molar-refractivity contribution in [1.82, 2.24) is 5.32 Å². The Morgan fingerprint density at radius 2 is 2.05 bits per heavy atom. The Morgan fingerprint density at radius 1 is 1.35 bits per heavy atom. The predicted octanol–water partition coefficient (Wildman–Crippen LogP) is 1.37. The van der Waals surface area contributed by atoms with Gasteiger partial charge in [-0.2, -0.15) is 8.78 Å². The number of benzene rings is 1. The van der Waals surface area contributed by atoms with E-state index in [2.05, 4.69) is 10.6 Å². The zero-order valence-electron chi connectivity index (χ0n) is 10.5. The number of para-hydroxylation sites is 1. The molecule has 1 atom stereocenters. The first-order chi connectivity index (χ1) is 9.43. The van der Waals surface area contributed by atoms with Gasteiger partial charge >= 0.3 is 5.76 Å². The zero-order valence-corrected chi connectivity index (χ0v) is 11.3. The van der Waals surface area contributed by atoms with Gasteiger partial charge in [-0.3, -0.25) is 4.79 Å². The van der Waals surface area contributed by atoms with Crippen LogP contribution in [0.3, 0.4) is 0 Å². The van der Waals surface area contributed by atoms with Crippen LogP contribution in [0.4, 0.5) is 14.5 Å². The summed E-state index contributed by atoms with van der Waals surface area (Å²) in [5.41, 5.74) is -0.119. The van der Waals surface area contributed by atoms with E-state index >= 15 is 0 Å². The highest BCUT2D eigenvalue weighted by molar-refractivity contribution is 7.91. The monoisotopic (exact) mass is 304 g/mol. The Hall–Kier alpha value is -1.54. The molecule has 5 nitrogen and oxygen atoms in total. The van der Waals surface area contributed by atoms with Crippen molar-refractivity contribution in [2.24, 2.45) is 0 Å². The van der Waals surface area contributed by atoms with E-state index in [1.54, 1.807) is 0 Å². The summed E-state index contributed by atoms with van der Waals surface area (Å²) < 4.78 is 48.3. The summed E-state index contributed by atoms with van der Waals surface area (Å²) in [6.07, 6.45) is 1.48. The van der Waals surface area contributed by atoms with Gasteiger partial charge in [0.15, 0.2) is 0 Å². The number of alkyl halides is 2. The van der Waals surface area contributed by atoms with Gasteiger partial charge < -0.3 is 10.6 Å². The summed E-state index contributed by atoms with van der Waals surface area (Å²) in [4.78, 5) is 11.3. The van der Waals surface area contributed by atoms with E-state index < -0.39 is 32.4 Å². The number of hydrogen-bond donors (Lipinski definition) is 2. The molecule has 1 aromatic carbocycles. The molecule has 8 heteroatoms. The number of amides is 1. The Bertz CT molecular complexity index is 598. The molecule has 1 aromatic rings. The van der Waals surface area contributed by atoms with Gasteiger partial charge in [-0.1, -0.05) is 12.1 Å². The molecule has 0 spiro atoms. The van der Waals surface area contributed by atoms with Crippen molar-refractivity contribution in [2.45, 2.75) is 29.5 Å². The molecule has 1 saturated heterocycles. The molecule has 1 aliphatic rings. The smallest absolute Gasteiger partial charge is 0.324 e. The van der Waals surface area contributed by atoms with E-state index in [1.165, 1.54) is 18.2 Å². The van der Waals surface area contributed by atoms with Crippen LogP contribution in [0.25, 0.3) is 0 Å². The summed E-state index contributed by atoms with van der Waals surface area (Å²) in [7, 11) is -4.75. The molecule has 0 bridgehead atoms. The molecule has 0 unspecified atom stereocenters. The van der Waals surface area contributed by atoms with E-state index in [4.69, 9.17) is 0 Å². The first-order valence-electron chi connectivity index (χ1n) is 6.08. The summed E-state index contributed by atoms with van der Waals surface area (Å²) in [5.74, 6) is -3.94. The zero-order chi connectivity index (χ0) is 14.8. The third-order valence-electron chi connectivity index (χ3n) is 3.06. The minimum atomic E-state index is -4.75. The normalized spacial score (nSPS) is 19.2. The molecule has 110 valence electrons. The summed E-state index contributed by atoms with van der Waals surface area (Å²) in [5, 5.41) is 5.35. The first kappa shape index (κ1) is 14.9. The maximum atomic E-state index is 12.6. The second-order valence-electron chi connectivity index (χ2n) is 4.44. The van der Waals surface area contributed by atoms with E-state index in [0.717, 1.165) is 12.5 Å². The maximum Gasteiger partial charge on any atom is 0.341 e. The third kappa shape index (κ3) is 2.96. The quantitative estimate of drug-likeness (QED) is 0.881. The van der Waals surface area contributed by atoms with E-state index in [9.17, 15) is 22.0 Å². The molecule has 1 fully saturated rings. The van der Waals surface area contributed by atoms with Crippen LogP contribution in [0.15, 0.2) is 29.2 Å². The number of sulfone groups is 1. The highest BCUT2D eigenvalue weighted by Crippen LogP contribution is 2.26. The van der Waals surface area contributed by atoms with Crippen LogP contribution < -0.4 is 10.6 Å². The lowest BCUT2D eigenvalue weighted by Crippen LogP contribution is -2.35. The van der Waals surface area contributed by atoms with Crippen LogP contribution in [0.1, 0.15) is 12.8 Å². The molecule has 0 saturated carbocycles. The van der Waals surface area contributed by atoms with Crippen LogP contribution in [0.5, 0.6) is 0 Å². The molecule has 0 aromatic heterocycles. The Morgan fingerprint density at radius 3 is 2.65 bits per heavy atom. The van der Waals surface area contributed by atoms with Gasteiger partial charge in [-0.15, -0.1) is 0 Å². The van der Waals surface area contributed by atoms with Crippen molar-refractivity contribution in [2.75, 3.05) is 11.9 Å². The SMILES string of the molecule is O=C(Nc1ccccc1S(=O)(=O)C(F)F)[C@@H]1CCCN1. The van der Waals surface area contributed by atoms with Gasteiger partial charge in [0, 0.05) is 0 Å². The molecular weight excluding hydrogens is 290 g/mol. The van der Waals surface area contributed by atoms with Gasteiger partial charge in [0.1, 0.15) is 0 Å². The van der Waals surface area contributed by atoms with Crippen molar-refractivity contribution in [1.29, 1.82) is 0 Å². The first-order valence-corrected chi connectivity index (χ1v) is 7.63. The summed E-state index contributed by atoms with van der Waals surface area (Å²) in [6.45, 7) is 0.703. The maximum absolute atomic E-state index is 12.6. The Labute approximate surface area is 115 Å². The second kappa shape index (κ2) is 5.84. The lowest BCUT2D eigenvalue weighted by atomic mass is 10.2. The lowest BCUT2D eigenvalue weighted by molar-refractivity contribution is -0.117. The second-order valence-corrected chi connectivity index (χ2v) is 6.33. The largest absolute Gasteiger partial charge is 0.341 e. The van der Waals surface area contributed by atoms with Crippen molar-refractivity contribution in [3.05, 3.63) is 24.3 Å². The number of hydrogen-bond acceptors (Lipinski definition) is 4. The van der Waals surface area contributed by atoms with Gasteiger partial charge in [0.25, 0.3) is 0 Å². The molecule has 1 amide bonds. The molecule has 1 aliphatic heterocycles. The van der Waals surface area contributed by atoms with Gasteiger partial charge in [-0.05, 0) is 31.5 Å². The van der Waals surface area contributed by atoms with Crippen molar-refractivity contribution < 1.29 is 22.0 Å². The molecular formula is C12H14F2N2O3S. The standard InChI is InChI=1S/C12H14F2N2O3S/c13-12(14)20(18,19)10-6-2-1-4-8(10)16-11(17)9-5-3-7-15-9/h1-2,4,6,9,12,15H,3,5,7H2,(H,16,17)/t9-/m0/s1. The van der Waals surface area contributed by atoms with E-state index in [-0.39, 0.29) is 5.69 Å². The average molecular weight is 304 g/mol. The fourth-order valence-electron chi connectivity index (χ4n) is 2.04.